The molecule has 2 unspecified atom stereocenters. The number of carbonyl (C=O) groups is 10. The van der Waals surface area contributed by atoms with Crippen molar-refractivity contribution in [2.24, 2.45) is 0 Å². The lowest BCUT2D eigenvalue weighted by atomic mass is 10.1. The zero-order valence-electron chi connectivity index (χ0n) is 48.0. The minimum Gasteiger partial charge on any atom is -0.433 e. The van der Waals surface area contributed by atoms with E-state index in [2.05, 4.69) is 31.2 Å². The van der Waals surface area contributed by atoms with Crippen LogP contribution in [0.15, 0.2) is 146 Å². The Kier molecular flexibility index (Phi) is 19.5. The number of nitrogens with one attached hydrogen (secondary N) is 4. The molecule has 26 heteroatoms. The number of carbonyl (C=O) groups excluding carboxylic acids is 10. The first-order valence-corrected chi connectivity index (χ1v) is 29.0. The van der Waals surface area contributed by atoms with Gasteiger partial charge in [-0.3, -0.25) is 62.7 Å². The molecule has 2 saturated heterocycles. The van der Waals surface area contributed by atoms with Crippen LogP contribution in [0, 0.1) is 13.8 Å². The molecule has 458 valence electrons. The highest BCUT2D eigenvalue weighted by atomic mass is 32.1. The molecule has 6 heterocycles. The van der Waals surface area contributed by atoms with E-state index in [-0.39, 0.29) is 56.2 Å². The smallest absolute Gasteiger partial charge is 0.310 e. The fourth-order valence-electron chi connectivity index (χ4n) is 10.6. The van der Waals surface area contributed by atoms with Crippen molar-refractivity contribution in [2.75, 3.05) is 52.4 Å². The largest absolute Gasteiger partial charge is 0.433 e. The van der Waals surface area contributed by atoms with Crippen molar-refractivity contribution in [3.63, 3.8) is 0 Å². The molecule has 0 radical (unpaired) electrons. The average Bonchev–Trinajstić information content (AvgIpc) is 1.96. The van der Waals surface area contributed by atoms with Gasteiger partial charge in [-0.15, -0.1) is 11.3 Å². The summed E-state index contributed by atoms with van der Waals surface area (Å²) in [5, 5.41) is 22.7. The molecule has 7 aromatic rings. The molecule has 5 N–H and O–H groups in total. The number of hydrogen-bond donors (Lipinski definition) is 5. The lowest BCUT2D eigenvalue weighted by molar-refractivity contribution is -0.168. The number of benzene rings is 5. The summed E-state index contributed by atoms with van der Waals surface area (Å²) >= 11 is 1.16. The van der Waals surface area contributed by atoms with E-state index in [1.807, 2.05) is 72.8 Å². The maximum absolute atomic E-state index is 14.0. The molecule has 0 aliphatic carbocycles. The zero-order valence-corrected chi connectivity index (χ0v) is 48.8. The SMILES string of the molecule is Cc1nc(C)c(C(=O)N[C@H]2CN(C(=O)CO)c3ccccc3N(CC(=O)N[C@H]3CC(=O)OC3OCc3ccccc3)C2=O)s1.O=CN1C[C@H](NC(=O)c2nccc3ccccc23)C(=O)N(CC(=O)N[C@H]2CC(=O)OC2OCc2ccccc2)c2ccccc21. The molecule has 89 heavy (non-hydrogen) atoms. The predicted molar refractivity (Wildman–Crippen MR) is 322 cm³/mol. The van der Waals surface area contributed by atoms with Crippen LogP contribution in [-0.4, -0.2) is 144 Å². The zero-order chi connectivity index (χ0) is 62.7. The quantitative estimate of drug-likeness (QED) is 0.0606. The molecule has 6 atom stereocenters. The number of cyclic esters (lactones) is 2. The van der Waals surface area contributed by atoms with Gasteiger partial charge in [-0.1, -0.05) is 109 Å². The second-order valence-corrected chi connectivity index (χ2v) is 22.1. The molecule has 0 bridgehead atoms. The molecule has 2 aromatic heterocycles. The molecule has 0 saturated carbocycles. The van der Waals surface area contributed by atoms with Gasteiger partial charge in [-0.05, 0) is 60.7 Å². The summed E-state index contributed by atoms with van der Waals surface area (Å²) in [5.41, 5.74) is 3.53. The minimum atomic E-state index is -1.27. The molecular formula is C63H60N10O15S. The first-order valence-electron chi connectivity index (χ1n) is 28.2. The van der Waals surface area contributed by atoms with Crippen molar-refractivity contribution in [1.82, 2.24) is 31.2 Å². The predicted octanol–water partition coefficient (Wildman–Crippen LogP) is 3.52. The van der Waals surface area contributed by atoms with Crippen LogP contribution >= 0.6 is 11.3 Å². The molecule has 5 aromatic carbocycles. The summed E-state index contributed by atoms with van der Waals surface area (Å²) in [4.78, 5) is 144. The first kappa shape index (κ1) is 61.8. The fourth-order valence-corrected chi connectivity index (χ4v) is 11.4. The van der Waals surface area contributed by atoms with Gasteiger partial charge < -0.3 is 55.1 Å². The molecule has 4 aliphatic heterocycles. The van der Waals surface area contributed by atoms with Gasteiger partial charge in [0.1, 0.15) is 54.4 Å². The highest BCUT2D eigenvalue weighted by molar-refractivity contribution is 7.13. The van der Waals surface area contributed by atoms with E-state index in [1.54, 1.807) is 80.6 Å². The number of rotatable bonds is 18. The number of para-hydroxylation sites is 4. The summed E-state index contributed by atoms with van der Waals surface area (Å²) in [6, 6.07) is 36.6. The summed E-state index contributed by atoms with van der Waals surface area (Å²) in [5.74, 6) is -5.39. The first-order chi connectivity index (χ1) is 43.0. The third-order valence-corrected chi connectivity index (χ3v) is 15.8. The standard InChI is InChI=1S/C33H29N5O7.C30H31N5O8S/c39-20-37-17-25(36-31(42)30-23-11-5-4-10-22(23)14-15-34-30)32(43)38(27-13-7-6-12-26(27)37)18-28(40)35-24-16-29(41)45-33(24)44-19-21-8-2-1-3-9-21;1-17-27(44-18(2)31-17)28(40)33-21-13-34(25(38)15-36)22-10-6-7-11-23(22)35(29(21)41)14-24(37)32-20-12-26(39)43-30(20)42-16-19-8-4-3-5-9-19/h1-15,20,24-25,33H,16-19H2,(H,35,40)(H,36,42);3-11,20-21,30,36H,12-16H2,1-2H3,(H,32,37)(H,33,40)/t24-,25-,33?;20-,21-,30?/m00/s1. The fraction of sp³-hybridized carbons (Fsp3) is 0.270. The average molecular weight is 1230 g/mol. The van der Waals surface area contributed by atoms with Gasteiger partial charge in [0.25, 0.3) is 29.5 Å². The summed E-state index contributed by atoms with van der Waals surface area (Å²) in [7, 11) is 0. The lowest BCUT2D eigenvalue weighted by Gasteiger charge is -2.26. The van der Waals surface area contributed by atoms with Crippen LogP contribution in [0.3, 0.4) is 0 Å². The highest BCUT2D eigenvalue weighted by Crippen LogP contribution is 2.35. The van der Waals surface area contributed by atoms with Crippen LogP contribution in [0.2, 0.25) is 0 Å². The maximum atomic E-state index is 14.0. The number of aliphatic hydroxyl groups excluding tert-OH is 1. The molecular weight excluding hydrogens is 1170 g/mol. The number of aromatic nitrogens is 2. The Bertz CT molecular complexity index is 3830. The van der Waals surface area contributed by atoms with Crippen LogP contribution < -0.4 is 40.9 Å². The Balaban J connectivity index is 0.000000196. The van der Waals surface area contributed by atoms with Gasteiger partial charge >= 0.3 is 11.9 Å². The van der Waals surface area contributed by atoms with E-state index in [9.17, 15) is 53.1 Å². The van der Waals surface area contributed by atoms with Crippen molar-refractivity contribution in [3.05, 3.63) is 178 Å². The number of thiazole rings is 1. The normalized spacial score (nSPS) is 19.5. The van der Waals surface area contributed by atoms with Crippen LogP contribution in [0.4, 0.5) is 22.7 Å². The monoisotopic (exact) mass is 1230 g/mol. The van der Waals surface area contributed by atoms with E-state index in [1.165, 1.54) is 25.8 Å². The van der Waals surface area contributed by atoms with Gasteiger partial charge in [0, 0.05) is 11.6 Å². The number of aryl methyl sites for hydroxylation is 2. The Morgan fingerprint density at radius 2 is 1.11 bits per heavy atom. The van der Waals surface area contributed by atoms with Crippen molar-refractivity contribution >= 4 is 105 Å². The van der Waals surface area contributed by atoms with Gasteiger partial charge in [-0.25, -0.2) is 4.98 Å². The molecule has 8 amide bonds. The Morgan fingerprint density at radius 3 is 1.65 bits per heavy atom. The molecule has 11 rings (SSSR count). The number of amides is 8. The van der Waals surface area contributed by atoms with E-state index in [4.69, 9.17) is 18.9 Å². The van der Waals surface area contributed by atoms with Gasteiger partial charge in [0.15, 0.2) is 0 Å². The number of fused-ring (bicyclic) bond motifs is 3. The second-order valence-electron chi connectivity index (χ2n) is 20.9. The van der Waals surface area contributed by atoms with E-state index in [0.29, 0.717) is 38.7 Å². The van der Waals surface area contributed by atoms with Crippen LogP contribution in [0.25, 0.3) is 10.8 Å². The maximum Gasteiger partial charge on any atom is 0.310 e. The Labute approximate surface area is 512 Å². The van der Waals surface area contributed by atoms with Crippen molar-refractivity contribution in [2.45, 2.75) is 76.7 Å². The number of nitrogens with zero attached hydrogens (tertiary/aromatic N) is 6. The van der Waals surface area contributed by atoms with Crippen LogP contribution in [-0.2, 0) is 70.5 Å². The molecule has 25 nitrogen and oxygen atoms in total. The number of aliphatic hydroxyl groups is 1. The molecule has 0 spiro atoms. The van der Waals surface area contributed by atoms with E-state index >= 15 is 0 Å². The number of hydrogen-bond acceptors (Lipinski definition) is 18. The summed E-state index contributed by atoms with van der Waals surface area (Å²) < 4.78 is 22.1. The van der Waals surface area contributed by atoms with Crippen molar-refractivity contribution in [3.8, 4) is 0 Å². The molecule has 4 aliphatic rings. The highest BCUT2D eigenvalue weighted by Gasteiger charge is 2.42. The Hall–Kier alpha value is -10.3. The number of anilines is 4. The van der Waals surface area contributed by atoms with Gasteiger partial charge in [0.2, 0.25) is 30.8 Å². The van der Waals surface area contributed by atoms with Gasteiger partial charge in [0.05, 0.1) is 72.6 Å². The topological polar surface area (TPSA) is 315 Å². The van der Waals surface area contributed by atoms with E-state index < -0.39 is 110 Å². The Morgan fingerprint density at radius 1 is 0.618 bits per heavy atom. The summed E-state index contributed by atoms with van der Waals surface area (Å²) in [6.45, 7) is 1.49. The van der Waals surface area contributed by atoms with Crippen LogP contribution in [0.5, 0.6) is 0 Å². The van der Waals surface area contributed by atoms with Crippen molar-refractivity contribution < 1.29 is 72.0 Å². The second kappa shape index (κ2) is 28.0. The third kappa shape index (κ3) is 14.6. The number of ether oxygens (including phenoxy) is 4. The van der Waals surface area contributed by atoms with Crippen LogP contribution in [0.1, 0.15) is 54.8 Å². The third-order valence-electron chi connectivity index (χ3n) is 14.7. The van der Waals surface area contributed by atoms with E-state index in [0.717, 1.165) is 27.8 Å². The van der Waals surface area contributed by atoms with Gasteiger partial charge in [-0.2, -0.15) is 0 Å². The number of esters is 2. The molecule has 2 fully saturated rings. The summed E-state index contributed by atoms with van der Waals surface area (Å²) in [6.07, 6.45) is -0.202. The minimum absolute atomic E-state index is 0.106. The lowest BCUT2D eigenvalue weighted by Crippen LogP contribution is -2.55. The number of pyridine rings is 1. The van der Waals surface area contributed by atoms with Crippen molar-refractivity contribution in [1.29, 1.82) is 0 Å².